The van der Waals surface area contributed by atoms with Gasteiger partial charge in [0.05, 0.1) is 7.11 Å². The Morgan fingerprint density at radius 2 is 1.89 bits per heavy atom. The van der Waals surface area contributed by atoms with E-state index in [0.29, 0.717) is 22.7 Å². The number of carbonyl (C=O) groups excluding carboxylic acids is 2. The molecule has 7 heteroatoms. The molecule has 1 N–H and O–H groups in total. The van der Waals surface area contributed by atoms with E-state index in [2.05, 4.69) is 5.32 Å². The fourth-order valence-electron chi connectivity index (χ4n) is 2.73. The molecule has 0 aliphatic heterocycles. The van der Waals surface area contributed by atoms with Crippen LogP contribution in [0.4, 0.5) is 0 Å². The lowest BCUT2D eigenvalue weighted by Gasteiger charge is -2.13. The third-order valence-corrected chi connectivity index (χ3v) is 4.60. The first-order chi connectivity index (χ1) is 13.4. The van der Waals surface area contributed by atoms with Gasteiger partial charge in [0.15, 0.2) is 6.10 Å². The quantitative estimate of drug-likeness (QED) is 0.624. The largest absolute Gasteiger partial charge is 0.497 e. The monoisotopic (exact) mass is 401 g/mol. The Labute approximate surface area is 167 Å². The highest BCUT2D eigenvalue weighted by Crippen LogP contribution is 2.28. The van der Waals surface area contributed by atoms with Gasteiger partial charge in [0, 0.05) is 22.5 Å². The van der Waals surface area contributed by atoms with E-state index in [1.165, 1.54) is 6.92 Å². The molecule has 1 amide bonds. The number of aryl methyl sites for hydroxylation is 1. The summed E-state index contributed by atoms with van der Waals surface area (Å²) in [5.41, 5.74) is 2.05. The number of halogens is 1. The van der Waals surface area contributed by atoms with Crippen LogP contribution in [0.25, 0.3) is 11.0 Å². The number of ether oxygens (including phenoxy) is 2. The summed E-state index contributed by atoms with van der Waals surface area (Å²) in [6.45, 7) is 3.57. The number of esters is 1. The van der Waals surface area contributed by atoms with Gasteiger partial charge in [0.1, 0.15) is 11.3 Å². The third kappa shape index (κ3) is 4.28. The van der Waals surface area contributed by atoms with Crippen LogP contribution in [0.1, 0.15) is 28.6 Å². The van der Waals surface area contributed by atoms with Crippen molar-refractivity contribution in [2.45, 2.75) is 26.5 Å². The average Bonchev–Trinajstić information content (AvgIpc) is 3.02. The maximum absolute atomic E-state index is 12.4. The van der Waals surface area contributed by atoms with Gasteiger partial charge in [-0.1, -0.05) is 23.7 Å². The molecule has 2 aromatic carbocycles. The molecule has 0 spiro atoms. The molecule has 0 aliphatic rings. The smallest absolute Gasteiger partial charge is 0.375 e. The molecule has 0 saturated heterocycles. The first kappa shape index (κ1) is 19.8. The summed E-state index contributed by atoms with van der Waals surface area (Å²) in [6.07, 6.45) is -0.970. The highest BCUT2D eigenvalue weighted by atomic mass is 35.5. The van der Waals surface area contributed by atoms with E-state index >= 15 is 0 Å². The zero-order chi connectivity index (χ0) is 20.3. The van der Waals surface area contributed by atoms with Crippen LogP contribution < -0.4 is 10.1 Å². The second-order valence-corrected chi connectivity index (χ2v) is 6.75. The molecule has 0 radical (unpaired) electrons. The standard InChI is InChI=1S/C21H20ClNO5/c1-12-17-10-15(22)6-9-18(17)28-19(12)21(25)27-13(2)20(24)23-11-14-4-7-16(26-3)8-5-14/h4-10,13H,11H2,1-3H3,(H,23,24)/t13-/m0/s1. The normalized spacial score (nSPS) is 11.9. The van der Waals surface area contributed by atoms with Crippen molar-refractivity contribution in [1.82, 2.24) is 5.32 Å². The van der Waals surface area contributed by atoms with E-state index in [4.69, 9.17) is 25.5 Å². The Kier molecular flexibility index (Phi) is 5.90. The molecule has 3 aromatic rings. The highest BCUT2D eigenvalue weighted by Gasteiger charge is 2.24. The van der Waals surface area contributed by atoms with Gasteiger partial charge in [-0.2, -0.15) is 0 Å². The summed E-state index contributed by atoms with van der Waals surface area (Å²) in [5, 5.41) is 4.01. The minimum atomic E-state index is -0.970. The first-order valence-corrected chi connectivity index (χ1v) is 9.07. The van der Waals surface area contributed by atoms with Crippen LogP contribution in [-0.4, -0.2) is 25.1 Å². The fraction of sp³-hybridized carbons (Fsp3) is 0.238. The van der Waals surface area contributed by atoms with E-state index < -0.39 is 18.0 Å². The molecule has 1 heterocycles. The molecule has 0 unspecified atom stereocenters. The van der Waals surface area contributed by atoms with Gasteiger partial charge in [-0.25, -0.2) is 4.79 Å². The van der Waals surface area contributed by atoms with Crippen LogP contribution in [0.2, 0.25) is 5.02 Å². The molecule has 0 saturated carbocycles. The molecule has 6 nitrogen and oxygen atoms in total. The van der Waals surface area contributed by atoms with Crippen molar-refractivity contribution in [3.05, 3.63) is 64.4 Å². The number of methoxy groups -OCH3 is 1. The number of carbonyl (C=O) groups is 2. The second-order valence-electron chi connectivity index (χ2n) is 6.31. The van der Waals surface area contributed by atoms with Gasteiger partial charge in [0.25, 0.3) is 5.91 Å². The van der Waals surface area contributed by atoms with Crippen LogP contribution in [0, 0.1) is 6.92 Å². The summed E-state index contributed by atoms with van der Waals surface area (Å²) in [5.74, 6) is -0.301. The van der Waals surface area contributed by atoms with Gasteiger partial charge in [-0.15, -0.1) is 0 Å². The summed E-state index contributed by atoms with van der Waals surface area (Å²) in [4.78, 5) is 24.7. The van der Waals surface area contributed by atoms with Gasteiger partial charge < -0.3 is 19.2 Å². The lowest BCUT2D eigenvalue weighted by atomic mass is 10.1. The van der Waals surface area contributed by atoms with Crippen LogP contribution in [0.5, 0.6) is 5.75 Å². The Hall–Kier alpha value is -2.99. The highest BCUT2D eigenvalue weighted by molar-refractivity contribution is 6.31. The Morgan fingerprint density at radius 1 is 1.18 bits per heavy atom. The number of benzene rings is 2. The molecule has 0 bridgehead atoms. The predicted molar refractivity (Wildman–Crippen MR) is 106 cm³/mol. The summed E-state index contributed by atoms with van der Waals surface area (Å²) < 4.78 is 15.9. The van der Waals surface area contributed by atoms with Crippen molar-refractivity contribution < 1.29 is 23.5 Å². The Morgan fingerprint density at radius 3 is 2.57 bits per heavy atom. The number of fused-ring (bicyclic) bond motifs is 1. The number of furan rings is 1. The number of nitrogens with one attached hydrogen (secondary N) is 1. The van der Waals surface area contributed by atoms with E-state index in [1.54, 1.807) is 32.2 Å². The van der Waals surface area contributed by atoms with E-state index in [-0.39, 0.29) is 5.76 Å². The van der Waals surface area contributed by atoms with Crippen molar-refractivity contribution in [3.63, 3.8) is 0 Å². The van der Waals surface area contributed by atoms with Crippen molar-refractivity contribution >= 4 is 34.4 Å². The molecular weight excluding hydrogens is 382 g/mol. The maximum atomic E-state index is 12.4. The number of rotatable bonds is 6. The molecule has 1 aromatic heterocycles. The second kappa shape index (κ2) is 8.35. The molecule has 28 heavy (non-hydrogen) atoms. The maximum Gasteiger partial charge on any atom is 0.375 e. The fourth-order valence-corrected chi connectivity index (χ4v) is 2.90. The van der Waals surface area contributed by atoms with Crippen molar-refractivity contribution in [1.29, 1.82) is 0 Å². The van der Waals surface area contributed by atoms with Crippen LogP contribution >= 0.6 is 11.6 Å². The summed E-state index contributed by atoms with van der Waals surface area (Å²) in [6, 6.07) is 12.4. The van der Waals surface area contributed by atoms with Crippen molar-refractivity contribution in [2.75, 3.05) is 7.11 Å². The van der Waals surface area contributed by atoms with E-state index in [9.17, 15) is 9.59 Å². The van der Waals surface area contributed by atoms with Gasteiger partial charge in [-0.05, 0) is 49.7 Å². The number of hydrogen-bond acceptors (Lipinski definition) is 5. The average molecular weight is 402 g/mol. The van der Waals surface area contributed by atoms with Crippen LogP contribution in [0.3, 0.4) is 0 Å². The van der Waals surface area contributed by atoms with E-state index in [1.807, 2.05) is 24.3 Å². The Balaban J connectivity index is 1.61. The van der Waals surface area contributed by atoms with Gasteiger partial charge in [0.2, 0.25) is 5.76 Å². The van der Waals surface area contributed by atoms with Crippen LogP contribution in [-0.2, 0) is 16.1 Å². The zero-order valence-electron chi connectivity index (χ0n) is 15.7. The first-order valence-electron chi connectivity index (χ1n) is 8.69. The number of amides is 1. The van der Waals surface area contributed by atoms with Gasteiger partial charge >= 0.3 is 5.97 Å². The number of hydrogen-bond donors (Lipinski definition) is 1. The lowest BCUT2D eigenvalue weighted by molar-refractivity contribution is -0.129. The van der Waals surface area contributed by atoms with Crippen LogP contribution in [0.15, 0.2) is 46.9 Å². The lowest BCUT2D eigenvalue weighted by Crippen LogP contribution is -2.35. The Bertz CT molecular complexity index is 1010. The van der Waals surface area contributed by atoms with E-state index in [0.717, 1.165) is 16.7 Å². The molecular formula is C21H20ClNO5. The summed E-state index contributed by atoms with van der Waals surface area (Å²) >= 11 is 5.99. The van der Waals surface area contributed by atoms with Crippen molar-refractivity contribution in [3.8, 4) is 5.75 Å². The zero-order valence-corrected chi connectivity index (χ0v) is 16.5. The van der Waals surface area contributed by atoms with Crippen molar-refractivity contribution in [2.24, 2.45) is 0 Å². The molecule has 3 rings (SSSR count). The SMILES string of the molecule is COc1ccc(CNC(=O)[C@H](C)OC(=O)c2oc3ccc(Cl)cc3c2C)cc1. The molecule has 0 fully saturated rings. The summed E-state index contributed by atoms with van der Waals surface area (Å²) in [7, 11) is 1.59. The minimum absolute atomic E-state index is 0.0621. The van der Waals surface area contributed by atoms with Gasteiger partial charge in [-0.3, -0.25) is 4.79 Å². The minimum Gasteiger partial charge on any atom is -0.497 e. The third-order valence-electron chi connectivity index (χ3n) is 4.36. The molecule has 146 valence electrons. The topological polar surface area (TPSA) is 77.8 Å². The molecule has 0 aliphatic carbocycles. The molecule has 1 atom stereocenters. The predicted octanol–water partition coefficient (Wildman–Crippen LogP) is 4.26.